The molecule has 1 aromatic rings. The summed E-state index contributed by atoms with van der Waals surface area (Å²) >= 11 is 1.62. The molecule has 20 heavy (non-hydrogen) atoms. The lowest BCUT2D eigenvalue weighted by Gasteiger charge is -2.15. The van der Waals surface area contributed by atoms with E-state index in [1.165, 1.54) is 6.07 Å². The first-order valence-electron chi connectivity index (χ1n) is 4.52. The number of alkyl halides is 6. The predicted molar refractivity (Wildman–Crippen MR) is 64.1 cm³/mol. The summed E-state index contributed by atoms with van der Waals surface area (Å²) in [7, 11) is -11.6. The molecule has 1 rings (SSSR count). The second kappa shape index (κ2) is 5.22. The Morgan fingerprint density at radius 2 is 1.40 bits per heavy atom. The van der Waals surface area contributed by atoms with Gasteiger partial charge in [0.05, 0.1) is 4.90 Å². The normalized spacial score (nSPS) is 16.5. The van der Waals surface area contributed by atoms with Crippen LogP contribution in [0, 0.1) is 0 Å². The van der Waals surface area contributed by atoms with Gasteiger partial charge in [-0.25, -0.2) is 4.21 Å². The van der Waals surface area contributed by atoms with Gasteiger partial charge in [-0.05, 0) is 12.1 Å². The third-order valence-electron chi connectivity index (χ3n) is 1.87. The number of nitrogens with zero attached hydrogens (tertiary/aromatic N) is 1. The van der Waals surface area contributed by atoms with Gasteiger partial charge in [-0.3, -0.25) is 0 Å². The number of halogens is 6. The van der Waals surface area contributed by atoms with Crippen LogP contribution in [0.5, 0.6) is 0 Å². The minimum absolute atomic E-state index is 0.785. The highest BCUT2D eigenvalue weighted by atomic mass is 79.9. The van der Waals surface area contributed by atoms with Crippen LogP contribution < -0.4 is 0 Å². The molecular weight excluding hydrogens is 397 g/mol. The number of benzene rings is 1. The molecule has 0 fully saturated rings. The molecular formula is C8H5BrF5NO3S2. The van der Waals surface area contributed by atoms with Crippen LogP contribution >= 0.6 is 15.9 Å². The number of hydrogen-bond donors (Lipinski definition) is 0. The fraction of sp³-hybridized carbons (Fsp3) is 0.250. The van der Waals surface area contributed by atoms with E-state index in [4.69, 9.17) is 0 Å². The van der Waals surface area contributed by atoms with Gasteiger partial charge in [0.15, 0.2) is 9.73 Å². The maximum atomic E-state index is 13.3. The van der Waals surface area contributed by atoms with Crippen molar-refractivity contribution in [2.75, 3.05) is 0 Å². The van der Waals surface area contributed by atoms with Gasteiger partial charge in [-0.2, -0.15) is 30.4 Å². The highest BCUT2D eigenvalue weighted by Gasteiger charge is 2.51. The predicted octanol–water partition coefficient (Wildman–Crippen LogP) is 3.31. The molecule has 1 aromatic carbocycles. The van der Waals surface area contributed by atoms with Gasteiger partial charge < -0.3 is 0 Å². The number of hydrogen-bond acceptors (Lipinski definition) is 3. The van der Waals surface area contributed by atoms with Gasteiger partial charge in [0.25, 0.3) is 0 Å². The van der Waals surface area contributed by atoms with E-state index in [9.17, 15) is 34.6 Å². The molecule has 0 aliphatic rings. The zero-order valence-corrected chi connectivity index (χ0v) is 12.4. The third kappa shape index (κ3) is 3.28. The quantitative estimate of drug-likeness (QED) is 0.576. The van der Waals surface area contributed by atoms with Crippen molar-refractivity contribution in [1.29, 1.82) is 0 Å². The van der Waals surface area contributed by atoms with Gasteiger partial charge in [0.1, 0.15) is 0 Å². The first-order chi connectivity index (χ1) is 8.81. The van der Waals surface area contributed by atoms with E-state index in [-0.39, 0.29) is 0 Å². The van der Waals surface area contributed by atoms with Gasteiger partial charge in [-0.15, -0.1) is 0 Å². The average molecular weight is 402 g/mol. The van der Waals surface area contributed by atoms with Crippen LogP contribution in [0.2, 0.25) is 0 Å². The summed E-state index contributed by atoms with van der Waals surface area (Å²) < 4.78 is 94.4. The summed E-state index contributed by atoms with van der Waals surface area (Å²) in [6, 6.07) is 5.08. The molecule has 0 spiro atoms. The van der Waals surface area contributed by atoms with Gasteiger partial charge in [0, 0.05) is 15.9 Å². The molecule has 4 nitrogen and oxygen atoms in total. The molecule has 114 valence electrons. The average Bonchev–Trinajstić information content (AvgIpc) is 2.26. The Morgan fingerprint density at radius 3 is 1.75 bits per heavy atom. The second-order valence-electron chi connectivity index (χ2n) is 3.28. The van der Waals surface area contributed by atoms with Crippen molar-refractivity contribution in [2.24, 2.45) is 3.77 Å². The van der Waals surface area contributed by atoms with Crippen molar-refractivity contribution >= 4 is 35.7 Å². The van der Waals surface area contributed by atoms with E-state index in [1.807, 2.05) is 3.77 Å². The molecule has 0 saturated carbocycles. The lowest BCUT2D eigenvalue weighted by Crippen LogP contribution is -2.27. The van der Waals surface area contributed by atoms with Crippen LogP contribution in [-0.4, -0.2) is 22.3 Å². The van der Waals surface area contributed by atoms with Crippen molar-refractivity contribution in [2.45, 2.75) is 14.6 Å². The standard InChI is InChI=1S/C8H5BrF5NO3S2/c9-7(10,11)19(16,6-4-2-1-3-5-6)15-20(17,18)8(12,13)14/h1-5H. The maximum absolute atomic E-state index is 13.3. The van der Waals surface area contributed by atoms with E-state index >= 15 is 0 Å². The molecule has 0 radical (unpaired) electrons. The van der Waals surface area contributed by atoms with E-state index < -0.39 is 34.3 Å². The van der Waals surface area contributed by atoms with Gasteiger partial charge in [-0.1, -0.05) is 22.0 Å². The molecule has 0 amide bonds. The van der Waals surface area contributed by atoms with E-state index in [2.05, 4.69) is 0 Å². The highest BCUT2D eigenvalue weighted by Crippen LogP contribution is 2.39. The summed E-state index contributed by atoms with van der Waals surface area (Å²) in [5.74, 6) is 0. The maximum Gasteiger partial charge on any atom is 0.519 e. The SMILES string of the molecule is O=S(=O)(N=S(=O)(c1ccccc1)C(F)(F)Br)C(F)(F)F. The topological polar surface area (TPSA) is 63.6 Å². The summed E-state index contributed by atoms with van der Waals surface area (Å²) in [6.45, 7) is 0. The summed E-state index contributed by atoms with van der Waals surface area (Å²) in [5.41, 5.74) is -5.93. The van der Waals surface area contributed by atoms with E-state index in [1.54, 1.807) is 15.9 Å². The third-order valence-corrected chi connectivity index (χ3v) is 6.94. The zero-order valence-electron chi connectivity index (χ0n) is 9.14. The first kappa shape index (κ1) is 17.3. The van der Waals surface area contributed by atoms with Crippen molar-refractivity contribution in [3.8, 4) is 0 Å². The molecule has 0 heterocycles. The summed E-state index contributed by atoms with van der Waals surface area (Å²) in [4.78, 5) is -0.852. The van der Waals surface area contributed by atoms with Crippen LogP contribution in [-0.2, 0) is 19.8 Å². The van der Waals surface area contributed by atoms with Crippen LogP contribution in [0.15, 0.2) is 39.0 Å². The molecule has 0 aliphatic heterocycles. The minimum atomic E-state index is -6.35. The first-order valence-corrected chi connectivity index (χ1v) is 8.27. The molecule has 0 N–H and O–H groups in total. The van der Waals surface area contributed by atoms with E-state index in [0.717, 1.165) is 24.3 Å². The van der Waals surface area contributed by atoms with Crippen molar-refractivity contribution in [3.63, 3.8) is 0 Å². The highest BCUT2D eigenvalue weighted by molar-refractivity contribution is 9.11. The van der Waals surface area contributed by atoms with Crippen LogP contribution in [0.3, 0.4) is 0 Å². The largest absolute Gasteiger partial charge is 0.519 e. The molecule has 0 saturated heterocycles. The molecule has 0 bridgehead atoms. The van der Waals surface area contributed by atoms with Crippen molar-refractivity contribution < 1.29 is 34.6 Å². The molecule has 1 atom stereocenters. The molecule has 0 aliphatic carbocycles. The Kier molecular flexibility index (Phi) is 4.52. The Hall–Kier alpha value is -0.750. The van der Waals surface area contributed by atoms with Crippen LogP contribution in [0.25, 0.3) is 0 Å². The Labute approximate surface area is 119 Å². The second-order valence-corrected chi connectivity index (χ2v) is 8.85. The monoisotopic (exact) mass is 401 g/mol. The minimum Gasteiger partial charge on any atom is -0.237 e. The fourth-order valence-corrected chi connectivity index (χ4v) is 5.02. The summed E-state index contributed by atoms with van der Waals surface area (Å²) in [5, 5.41) is 0. The number of rotatable bonds is 3. The van der Waals surface area contributed by atoms with Crippen molar-refractivity contribution in [1.82, 2.24) is 0 Å². The van der Waals surface area contributed by atoms with E-state index in [0.29, 0.717) is 0 Å². The Morgan fingerprint density at radius 1 is 0.950 bits per heavy atom. The molecule has 12 heteroatoms. The number of sulfonamides is 1. The van der Waals surface area contributed by atoms with Crippen LogP contribution in [0.4, 0.5) is 22.0 Å². The van der Waals surface area contributed by atoms with Crippen LogP contribution in [0.1, 0.15) is 0 Å². The molecule has 1 unspecified atom stereocenters. The molecule has 0 aromatic heterocycles. The Bertz CT molecular complexity index is 702. The van der Waals surface area contributed by atoms with Crippen molar-refractivity contribution in [3.05, 3.63) is 30.3 Å². The zero-order chi connectivity index (χ0) is 15.8. The summed E-state index contributed by atoms with van der Waals surface area (Å²) in [6.07, 6.45) is 0. The smallest absolute Gasteiger partial charge is 0.237 e. The lowest BCUT2D eigenvalue weighted by atomic mass is 10.4. The lowest BCUT2D eigenvalue weighted by molar-refractivity contribution is -0.0434. The Balaban J connectivity index is 3.74. The van der Waals surface area contributed by atoms with Gasteiger partial charge in [0.2, 0.25) is 0 Å². The van der Waals surface area contributed by atoms with Gasteiger partial charge >= 0.3 is 19.7 Å². The fourth-order valence-electron chi connectivity index (χ4n) is 1.00.